The van der Waals surface area contributed by atoms with E-state index in [1.807, 2.05) is 4.72 Å². The van der Waals surface area contributed by atoms with E-state index in [-0.39, 0.29) is 10.8 Å². The molecule has 1 rings (SSSR count). The van der Waals surface area contributed by atoms with Gasteiger partial charge in [-0.2, -0.15) is 0 Å². The zero-order valence-electron chi connectivity index (χ0n) is 12.0. The lowest BCUT2D eigenvalue weighted by Gasteiger charge is -2.13. The van der Waals surface area contributed by atoms with Gasteiger partial charge in [-0.25, -0.2) is 13.1 Å². The summed E-state index contributed by atoms with van der Waals surface area (Å²) in [5.41, 5.74) is 0.469. The lowest BCUT2D eigenvalue weighted by atomic mass is 10.3. The van der Waals surface area contributed by atoms with E-state index in [2.05, 4.69) is 5.32 Å². The van der Waals surface area contributed by atoms with Crippen LogP contribution in [0.4, 0.5) is 5.69 Å². The number of nitrogens with one attached hydrogen (secondary N) is 2. The van der Waals surface area contributed by atoms with Gasteiger partial charge in [-0.3, -0.25) is 9.59 Å². The first kappa shape index (κ1) is 17.1. The van der Waals surface area contributed by atoms with E-state index in [0.29, 0.717) is 12.1 Å². The number of anilines is 1. The van der Waals surface area contributed by atoms with Crippen molar-refractivity contribution in [2.75, 3.05) is 12.4 Å². The minimum absolute atomic E-state index is 0.0732. The van der Waals surface area contributed by atoms with E-state index in [4.69, 9.17) is 4.74 Å². The first-order valence-corrected chi connectivity index (χ1v) is 7.75. The molecular weight excluding hydrogens is 296 g/mol. The summed E-state index contributed by atoms with van der Waals surface area (Å²) in [7, 11) is -2.63. The average Bonchev–Trinajstić information content (AvgIpc) is 2.39. The standard InChI is InChI=1S/C13H18N2O5S/c1-4-12(20-3)13(17)15-21(18,19)11-7-5-10(6-8-11)14-9(2)16/h5-8,12H,4H2,1-3H3,(H,14,16)(H,15,17)/t12-/m1/s1. The molecule has 1 atom stereocenters. The van der Waals surface area contributed by atoms with Crippen LogP contribution < -0.4 is 10.0 Å². The first-order valence-electron chi connectivity index (χ1n) is 6.27. The Kier molecular flexibility index (Phi) is 5.86. The van der Waals surface area contributed by atoms with Crippen molar-refractivity contribution in [3.05, 3.63) is 24.3 Å². The predicted molar refractivity (Wildman–Crippen MR) is 77.2 cm³/mol. The maximum absolute atomic E-state index is 12.0. The molecule has 2 amide bonds. The lowest BCUT2D eigenvalue weighted by Crippen LogP contribution is -2.39. The fourth-order valence-corrected chi connectivity index (χ4v) is 2.65. The molecule has 116 valence electrons. The van der Waals surface area contributed by atoms with Crippen LogP contribution in [-0.2, 0) is 24.3 Å². The zero-order valence-corrected chi connectivity index (χ0v) is 12.9. The molecule has 0 aliphatic rings. The van der Waals surface area contributed by atoms with Crippen molar-refractivity contribution in [2.45, 2.75) is 31.3 Å². The van der Waals surface area contributed by atoms with E-state index in [1.54, 1.807) is 6.92 Å². The lowest BCUT2D eigenvalue weighted by molar-refractivity contribution is -0.129. The summed E-state index contributed by atoms with van der Waals surface area (Å²) in [5.74, 6) is -0.976. The Morgan fingerprint density at radius 1 is 1.24 bits per heavy atom. The topological polar surface area (TPSA) is 102 Å². The SMILES string of the molecule is CC[C@@H](OC)C(=O)NS(=O)(=O)c1ccc(NC(C)=O)cc1. The number of rotatable bonds is 6. The third kappa shape index (κ3) is 4.83. The first-order chi connectivity index (χ1) is 9.80. The minimum atomic E-state index is -3.96. The van der Waals surface area contributed by atoms with Crippen LogP contribution in [0.3, 0.4) is 0 Å². The van der Waals surface area contributed by atoms with Gasteiger partial charge < -0.3 is 10.1 Å². The van der Waals surface area contributed by atoms with Crippen LogP contribution in [-0.4, -0.2) is 33.4 Å². The van der Waals surface area contributed by atoms with Crippen molar-refractivity contribution in [3.8, 4) is 0 Å². The number of carbonyl (C=O) groups excluding carboxylic acids is 2. The minimum Gasteiger partial charge on any atom is -0.372 e. The maximum Gasteiger partial charge on any atom is 0.264 e. The van der Waals surface area contributed by atoms with E-state index in [0.717, 1.165) is 0 Å². The van der Waals surface area contributed by atoms with Crippen LogP contribution in [0.5, 0.6) is 0 Å². The number of carbonyl (C=O) groups is 2. The van der Waals surface area contributed by atoms with Crippen molar-refractivity contribution >= 4 is 27.5 Å². The van der Waals surface area contributed by atoms with Gasteiger partial charge in [-0.15, -0.1) is 0 Å². The molecule has 0 aliphatic heterocycles. The van der Waals surface area contributed by atoms with Crippen molar-refractivity contribution in [1.29, 1.82) is 0 Å². The number of methoxy groups -OCH3 is 1. The quantitative estimate of drug-likeness (QED) is 0.811. The number of sulfonamides is 1. The Bertz CT molecular complexity index is 606. The normalized spacial score (nSPS) is 12.5. The molecular formula is C13H18N2O5S. The molecule has 1 aromatic carbocycles. The molecule has 0 spiro atoms. The Morgan fingerprint density at radius 2 is 1.81 bits per heavy atom. The van der Waals surface area contributed by atoms with Crippen LogP contribution in [0.25, 0.3) is 0 Å². The second-order valence-electron chi connectivity index (χ2n) is 4.31. The second kappa shape index (κ2) is 7.19. The molecule has 0 aromatic heterocycles. The maximum atomic E-state index is 12.0. The molecule has 0 unspecified atom stereocenters. The summed E-state index contributed by atoms with van der Waals surface area (Å²) < 4.78 is 30.9. The number of hydrogen-bond acceptors (Lipinski definition) is 5. The van der Waals surface area contributed by atoms with Gasteiger partial charge in [0.25, 0.3) is 15.9 Å². The highest BCUT2D eigenvalue weighted by atomic mass is 32.2. The van der Waals surface area contributed by atoms with Crippen molar-refractivity contribution in [1.82, 2.24) is 4.72 Å². The van der Waals surface area contributed by atoms with Gasteiger partial charge in [0.1, 0.15) is 6.10 Å². The van der Waals surface area contributed by atoms with E-state index >= 15 is 0 Å². The number of amides is 2. The fourth-order valence-electron chi connectivity index (χ4n) is 1.64. The molecule has 0 saturated heterocycles. The zero-order chi connectivity index (χ0) is 16.0. The Hall–Kier alpha value is -1.93. The van der Waals surface area contributed by atoms with Crippen LogP contribution in [0, 0.1) is 0 Å². The second-order valence-corrected chi connectivity index (χ2v) is 5.99. The summed E-state index contributed by atoms with van der Waals surface area (Å²) in [6, 6.07) is 5.48. The molecule has 21 heavy (non-hydrogen) atoms. The molecule has 8 heteroatoms. The van der Waals surface area contributed by atoms with Gasteiger partial charge in [-0.1, -0.05) is 6.92 Å². The highest BCUT2D eigenvalue weighted by Crippen LogP contribution is 2.14. The average molecular weight is 314 g/mol. The number of hydrogen-bond donors (Lipinski definition) is 2. The van der Waals surface area contributed by atoms with Crippen molar-refractivity contribution in [3.63, 3.8) is 0 Å². The van der Waals surface area contributed by atoms with Crippen LogP contribution >= 0.6 is 0 Å². The number of ether oxygens (including phenoxy) is 1. The van der Waals surface area contributed by atoms with Gasteiger partial charge in [0.15, 0.2) is 0 Å². The van der Waals surface area contributed by atoms with Gasteiger partial charge in [0, 0.05) is 19.7 Å². The van der Waals surface area contributed by atoms with Gasteiger partial charge in [0.05, 0.1) is 4.90 Å². The van der Waals surface area contributed by atoms with Crippen LogP contribution in [0.2, 0.25) is 0 Å². The van der Waals surface area contributed by atoms with Crippen LogP contribution in [0.15, 0.2) is 29.2 Å². The molecule has 0 aliphatic carbocycles. The third-order valence-corrected chi connectivity index (χ3v) is 4.03. The molecule has 0 radical (unpaired) electrons. The molecule has 0 bridgehead atoms. The summed E-state index contributed by atoms with van der Waals surface area (Å²) in [6.45, 7) is 3.06. The van der Waals surface area contributed by atoms with E-state index in [9.17, 15) is 18.0 Å². The molecule has 0 fully saturated rings. The molecule has 0 saturated carbocycles. The van der Waals surface area contributed by atoms with E-state index in [1.165, 1.54) is 38.3 Å². The van der Waals surface area contributed by atoms with Crippen molar-refractivity contribution in [2.24, 2.45) is 0 Å². The fraction of sp³-hybridized carbons (Fsp3) is 0.385. The molecule has 1 aromatic rings. The van der Waals surface area contributed by atoms with E-state index < -0.39 is 22.0 Å². The highest BCUT2D eigenvalue weighted by Gasteiger charge is 2.23. The van der Waals surface area contributed by atoms with Crippen molar-refractivity contribution < 1.29 is 22.7 Å². The Balaban J connectivity index is 2.88. The predicted octanol–water partition coefficient (Wildman–Crippen LogP) is 0.875. The highest BCUT2D eigenvalue weighted by molar-refractivity contribution is 7.90. The summed E-state index contributed by atoms with van der Waals surface area (Å²) in [6.07, 6.45) is -0.460. The summed E-state index contributed by atoms with van der Waals surface area (Å²) >= 11 is 0. The Morgan fingerprint density at radius 3 is 2.24 bits per heavy atom. The molecule has 7 nitrogen and oxygen atoms in total. The molecule has 0 heterocycles. The largest absolute Gasteiger partial charge is 0.372 e. The van der Waals surface area contributed by atoms with Crippen LogP contribution in [0.1, 0.15) is 20.3 Å². The smallest absolute Gasteiger partial charge is 0.264 e. The third-order valence-electron chi connectivity index (χ3n) is 2.67. The van der Waals surface area contributed by atoms with Gasteiger partial charge >= 0.3 is 0 Å². The van der Waals surface area contributed by atoms with Gasteiger partial charge in [0.2, 0.25) is 5.91 Å². The number of benzene rings is 1. The summed E-state index contributed by atoms with van der Waals surface area (Å²) in [5, 5.41) is 2.52. The monoisotopic (exact) mass is 314 g/mol. The Labute approximate surface area is 123 Å². The summed E-state index contributed by atoms with van der Waals surface area (Å²) in [4.78, 5) is 22.5. The molecule has 2 N–H and O–H groups in total. The van der Waals surface area contributed by atoms with Gasteiger partial charge in [-0.05, 0) is 30.7 Å².